The fourth-order valence-electron chi connectivity index (χ4n) is 1.99. The van der Waals surface area contributed by atoms with Gasteiger partial charge < -0.3 is 15.6 Å². The molecule has 16 heavy (non-hydrogen) atoms. The minimum atomic E-state index is -0.532. The lowest BCUT2D eigenvalue weighted by Crippen LogP contribution is -2.35. The van der Waals surface area contributed by atoms with Crippen molar-refractivity contribution in [2.45, 2.75) is 44.3 Å². The lowest BCUT2D eigenvalue weighted by molar-refractivity contribution is -0.0115. The molecule has 88 valence electrons. The molecule has 0 spiro atoms. The fraction of sp³-hybridized carbons (Fsp3) is 0.583. The highest BCUT2D eigenvalue weighted by Crippen LogP contribution is 2.30. The summed E-state index contributed by atoms with van der Waals surface area (Å²) in [6.07, 6.45) is 5.03. The maximum Gasteiger partial charge on any atom is 0.237 e. The average Bonchev–Trinajstić information content (AvgIpc) is 2.24. The predicted molar refractivity (Wildman–Crippen MR) is 62.2 cm³/mol. The van der Waals surface area contributed by atoms with Crippen molar-refractivity contribution in [3.8, 4) is 5.88 Å². The van der Waals surface area contributed by atoms with Crippen molar-refractivity contribution in [2.24, 2.45) is 0 Å². The van der Waals surface area contributed by atoms with E-state index >= 15 is 0 Å². The van der Waals surface area contributed by atoms with Crippen LogP contribution in [0, 0.1) is 0 Å². The number of nitrogens with two attached hydrogens (primary N) is 1. The Labute approximate surface area is 95.4 Å². The van der Waals surface area contributed by atoms with Crippen molar-refractivity contribution in [1.82, 2.24) is 4.98 Å². The first-order valence-electron chi connectivity index (χ1n) is 5.66. The average molecular weight is 222 g/mol. The molecule has 0 aliphatic heterocycles. The van der Waals surface area contributed by atoms with Gasteiger partial charge in [0.05, 0.1) is 11.3 Å². The molecule has 0 saturated heterocycles. The molecule has 1 saturated carbocycles. The molecular weight excluding hydrogens is 204 g/mol. The van der Waals surface area contributed by atoms with Gasteiger partial charge >= 0.3 is 0 Å². The summed E-state index contributed by atoms with van der Waals surface area (Å²) >= 11 is 0. The third kappa shape index (κ3) is 2.64. The van der Waals surface area contributed by atoms with Crippen LogP contribution in [0.5, 0.6) is 5.88 Å². The van der Waals surface area contributed by atoms with E-state index in [0.717, 1.165) is 25.7 Å². The molecule has 4 nitrogen and oxygen atoms in total. The Morgan fingerprint density at radius 3 is 2.81 bits per heavy atom. The highest BCUT2D eigenvalue weighted by molar-refractivity contribution is 5.46. The zero-order valence-electron chi connectivity index (χ0n) is 9.52. The topological polar surface area (TPSA) is 68.4 Å². The number of nitrogens with zero attached hydrogens (tertiary/aromatic N) is 1. The summed E-state index contributed by atoms with van der Waals surface area (Å²) in [6.45, 7) is 1.87. The molecular formula is C12H18N2O2. The van der Waals surface area contributed by atoms with Crippen molar-refractivity contribution >= 4 is 5.69 Å². The molecule has 3 N–H and O–H groups in total. The number of pyridine rings is 1. The van der Waals surface area contributed by atoms with Gasteiger partial charge in [-0.2, -0.15) is 0 Å². The van der Waals surface area contributed by atoms with Crippen molar-refractivity contribution < 1.29 is 9.84 Å². The van der Waals surface area contributed by atoms with Crippen LogP contribution in [-0.2, 0) is 0 Å². The molecule has 0 unspecified atom stereocenters. The van der Waals surface area contributed by atoms with Gasteiger partial charge in [0, 0.05) is 6.20 Å². The highest BCUT2D eigenvalue weighted by Gasteiger charge is 2.29. The molecule has 0 aromatic carbocycles. The summed E-state index contributed by atoms with van der Waals surface area (Å²) in [5.74, 6) is 0.508. The fourth-order valence-corrected chi connectivity index (χ4v) is 1.99. The number of aliphatic hydroxyl groups is 1. The molecule has 1 aliphatic carbocycles. The SMILES string of the molecule is CC1(O)CCC(Oc2ncccc2N)CC1. The number of anilines is 1. The van der Waals surface area contributed by atoms with E-state index < -0.39 is 5.60 Å². The smallest absolute Gasteiger partial charge is 0.237 e. The maximum absolute atomic E-state index is 9.82. The minimum absolute atomic E-state index is 0.123. The Balaban J connectivity index is 1.95. The van der Waals surface area contributed by atoms with Crippen LogP contribution in [-0.4, -0.2) is 21.8 Å². The van der Waals surface area contributed by atoms with Gasteiger partial charge in [-0.3, -0.25) is 0 Å². The number of ether oxygens (including phenoxy) is 1. The number of nitrogen functional groups attached to an aromatic ring is 1. The molecule has 0 atom stereocenters. The van der Waals surface area contributed by atoms with Gasteiger partial charge in [-0.15, -0.1) is 0 Å². The van der Waals surface area contributed by atoms with Crippen molar-refractivity contribution in [3.05, 3.63) is 18.3 Å². The Kier molecular flexibility index (Phi) is 3.01. The van der Waals surface area contributed by atoms with E-state index in [1.54, 1.807) is 18.3 Å². The first-order chi connectivity index (χ1) is 7.57. The van der Waals surface area contributed by atoms with E-state index in [1.807, 2.05) is 6.92 Å². The zero-order valence-corrected chi connectivity index (χ0v) is 9.52. The summed E-state index contributed by atoms with van der Waals surface area (Å²) in [7, 11) is 0. The van der Waals surface area contributed by atoms with E-state index in [2.05, 4.69) is 4.98 Å². The molecule has 0 bridgehead atoms. The van der Waals surface area contributed by atoms with Crippen LogP contribution in [0.25, 0.3) is 0 Å². The van der Waals surface area contributed by atoms with Crippen LogP contribution in [0.4, 0.5) is 5.69 Å². The maximum atomic E-state index is 9.82. The van der Waals surface area contributed by atoms with E-state index in [1.165, 1.54) is 0 Å². The third-order valence-corrected chi connectivity index (χ3v) is 3.09. The van der Waals surface area contributed by atoms with Crippen molar-refractivity contribution in [3.63, 3.8) is 0 Å². The van der Waals surface area contributed by atoms with Gasteiger partial charge in [-0.05, 0) is 44.7 Å². The Morgan fingerprint density at radius 2 is 2.19 bits per heavy atom. The van der Waals surface area contributed by atoms with Crippen LogP contribution in [0.15, 0.2) is 18.3 Å². The van der Waals surface area contributed by atoms with Gasteiger partial charge in [0.25, 0.3) is 0 Å². The molecule has 4 heteroatoms. The second kappa shape index (κ2) is 4.29. The van der Waals surface area contributed by atoms with E-state index in [9.17, 15) is 5.11 Å². The molecule has 2 rings (SSSR count). The lowest BCUT2D eigenvalue weighted by atomic mass is 9.85. The van der Waals surface area contributed by atoms with E-state index in [-0.39, 0.29) is 6.10 Å². The van der Waals surface area contributed by atoms with Gasteiger partial charge in [0.1, 0.15) is 6.10 Å². The lowest BCUT2D eigenvalue weighted by Gasteiger charge is -2.32. The van der Waals surface area contributed by atoms with E-state index in [4.69, 9.17) is 10.5 Å². The monoisotopic (exact) mass is 222 g/mol. The first-order valence-corrected chi connectivity index (χ1v) is 5.66. The zero-order chi connectivity index (χ0) is 11.6. The summed E-state index contributed by atoms with van der Waals surface area (Å²) in [4.78, 5) is 4.10. The standard InChI is InChI=1S/C12H18N2O2/c1-12(15)6-4-9(5-7-12)16-11-10(13)3-2-8-14-11/h2-3,8-9,15H,4-7,13H2,1H3. The largest absolute Gasteiger partial charge is 0.473 e. The number of hydrogen-bond acceptors (Lipinski definition) is 4. The van der Waals surface area contributed by atoms with Crippen LogP contribution < -0.4 is 10.5 Å². The second-order valence-corrected chi connectivity index (χ2v) is 4.71. The Bertz CT molecular complexity index is 356. The van der Waals surface area contributed by atoms with Gasteiger partial charge in [-0.1, -0.05) is 0 Å². The molecule has 1 aromatic rings. The predicted octanol–water partition coefficient (Wildman–Crippen LogP) is 1.74. The highest BCUT2D eigenvalue weighted by atomic mass is 16.5. The van der Waals surface area contributed by atoms with Gasteiger partial charge in [0.15, 0.2) is 0 Å². The molecule has 1 fully saturated rings. The summed E-state index contributed by atoms with van der Waals surface area (Å²) < 4.78 is 5.73. The number of aromatic nitrogens is 1. The number of rotatable bonds is 2. The van der Waals surface area contributed by atoms with Crippen LogP contribution in [0.3, 0.4) is 0 Å². The van der Waals surface area contributed by atoms with Crippen molar-refractivity contribution in [2.75, 3.05) is 5.73 Å². The molecule has 1 heterocycles. The second-order valence-electron chi connectivity index (χ2n) is 4.71. The van der Waals surface area contributed by atoms with Gasteiger partial charge in [0.2, 0.25) is 5.88 Å². The summed E-state index contributed by atoms with van der Waals surface area (Å²) in [5, 5.41) is 9.82. The first kappa shape index (κ1) is 11.2. The molecule has 1 aliphatic rings. The van der Waals surface area contributed by atoms with Crippen LogP contribution in [0.2, 0.25) is 0 Å². The van der Waals surface area contributed by atoms with Crippen molar-refractivity contribution in [1.29, 1.82) is 0 Å². The quantitative estimate of drug-likeness (QED) is 0.799. The van der Waals surface area contributed by atoms with E-state index in [0.29, 0.717) is 11.6 Å². The minimum Gasteiger partial charge on any atom is -0.473 e. The molecule has 1 aromatic heterocycles. The normalized spacial score (nSPS) is 30.0. The van der Waals surface area contributed by atoms with Crippen LogP contribution >= 0.6 is 0 Å². The Hall–Kier alpha value is -1.29. The summed E-state index contributed by atoms with van der Waals surface area (Å²) in [5.41, 5.74) is 5.79. The Morgan fingerprint density at radius 1 is 1.50 bits per heavy atom. The number of hydrogen-bond donors (Lipinski definition) is 2. The summed E-state index contributed by atoms with van der Waals surface area (Å²) in [6, 6.07) is 3.56. The molecule has 0 radical (unpaired) electrons. The van der Waals surface area contributed by atoms with Crippen LogP contribution in [0.1, 0.15) is 32.6 Å². The third-order valence-electron chi connectivity index (χ3n) is 3.09. The van der Waals surface area contributed by atoms with Gasteiger partial charge in [-0.25, -0.2) is 4.98 Å². The molecule has 0 amide bonds.